The zero-order chi connectivity index (χ0) is 13.2. The highest BCUT2D eigenvalue weighted by atomic mass is 16.5. The molecule has 0 bridgehead atoms. The molecule has 0 atom stereocenters. The number of anilines is 1. The molecule has 0 amide bonds. The lowest BCUT2D eigenvalue weighted by Gasteiger charge is -2.24. The van der Waals surface area contributed by atoms with Gasteiger partial charge in [0.2, 0.25) is 0 Å². The van der Waals surface area contributed by atoms with Gasteiger partial charge in [0, 0.05) is 12.2 Å². The molecule has 1 aliphatic heterocycles. The Kier molecular flexibility index (Phi) is 3.04. The lowest BCUT2D eigenvalue weighted by Crippen LogP contribution is -2.36. The summed E-state index contributed by atoms with van der Waals surface area (Å²) in [5.41, 5.74) is -0.499. The topological polar surface area (TPSA) is 92.1 Å². The zero-order valence-electron chi connectivity index (χ0n) is 10.3. The Morgan fingerprint density at radius 1 is 1.42 bits per heavy atom. The van der Waals surface area contributed by atoms with Crippen LogP contribution >= 0.6 is 0 Å². The molecule has 1 aliphatic rings. The van der Waals surface area contributed by atoms with Crippen molar-refractivity contribution in [2.45, 2.75) is 18.9 Å². The number of nitrogens with one attached hydrogen (secondary N) is 2. The average Bonchev–Trinajstić information content (AvgIpc) is 2.46. The van der Waals surface area contributed by atoms with Gasteiger partial charge >= 0.3 is 5.69 Å². The van der Waals surface area contributed by atoms with Crippen LogP contribution in [-0.4, -0.2) is 39.0 Å². The monoisotopic (exact) mass is 261 g/mol. The van der Waals surface area contributed by atoms with Crippen molar-refractivity contribution < 1.29 is 5.21 Å². The van der Waals surface area contributed by atoms with Gasteiger partial charge in [0.25, 0.3) is 0 Å². The van der Waals surface area contributed by atoms with E-state index in [2.05, 4.69) is 20.6 Å². The molecule has 0 spiro atoms. The molecule has 100 valence electrons. The molecule has 1 saturated heterocycles. The second kappa shape index (κ2) is 4.85. The molecule has 3 heterocycles. The fraction of sp³-hybridized carbons (Fsp3) is 0.417. The standard InChI is InChI=1S/C12H15N5O2/c18-12-16-10(15-8-3-6-13-7-4-8)9-2-1-5-14-11(9)17(12)19/h1-2,5,8,13,19H,3-4,6-7H2,(H,15,16,18). The summed E-state index contributed by atoms with van der Waals surface area (Å²) in [5, 5.41) is 16.8. The lowest BCUT2D eigenvalue weighted by atomic mass is 10.1. The maximum atomic E-state index is 11.6. The van der Waals surface area contributed by atoms with Gasteiger partial charge in [-0.3, -0.25) is 0 Å². The summed E-state index contributed by atoms with van der Waals surface area (Å²) in [6.07, 6.45) is 3.49. The van der Waals surface area contributed by atoms with E-state index in [0.717, 1.165) is 25.9 Å². The maximum Gasteiger partial charge on any atom is 0.384 e. The second-order valence-electron chi connectivity index (χ2n) is 4.60. The summed E-state index contributed by atoms with van der Waals surface area (Å²) in [4.78, 5) is 19.5. The van der Waals surface area contributed by atoms with Gasteiger partial charge in [0.15, 0.2) is 5.65 Å². The zero-order valence-corrected chi connectivity index (χ0v) is 10.3. The smallest absolute Gasteiger partial charge is 0.384 e. The number of hydrogen-bond acceptors (Lipinski definition) is 6. The number of pyridine rings is 1. The van der Waals surface area contributed by atoms with Crippen molar-refractivity contribution in [3.8, 4) is 0 Å². The van der Waals surface area contributed by atoms with E-state index in [0.29, 0.717) is 15.9 Å². The van der Waals surface area contributed by atoms with Crippen molar-refractivity contribution in [3.05, 3.63) is 28.8 Å². The van der Waals surface area contributed by atoms with Gasteiger partial charge in [-0.05, 0) is 38.1 Å². The number of hydrogen-bond donors (Lipinski definition) is 3. The summed E-state index contributed by atoms with van der Waals surface area (Å²) in [7, 11) is 0. The van der Waals surface area contributed by atoms with Crippen LogP contribution in [0, 0.1) is 0 Å². The third-order valence-electron chi connectivity index (χ3n) is 3.31. The van der Waals surface area contributed by atoms with Gasteiger partial charge in [0.1, 0.15) is 5.82 Å². The molecule has 0 aromatic carbocycles. The van der Waals surface area contributed by atoms with Crippen molar-refractivity contribution in [1.29, 1.82) is 0 Å². The quantitative estimate of drug-likeness (QED) is 0.668. The van der Waals surface area contributed by atoms with Crippen LogP contribution in [0.15, 0.2) is 23.1 Å². The molecule has 0 aliphatic carbocycles. The van der Waals surface area contributed by atoms with E-state index in [9.17, 15) is 10.0 Å². The first-order valence-electron chi connectivity index (χ1n) is 6.30. The summed E-state index contributed by atoms with van der Waals surface area (Å²) < 4.78 is 0.475. The normalized spacial score (nSPS) is 16.6. The van der Waals surface area contributed by atoms with Gasteiger partial charge in [-0.2, -0.15) is 4.98 Å². The summed E-state index contributed by atoms with van der Waals surface area (Å²) in [6.45, 7) is 1.90. The van der Waals surface area contributed by atoms with Crippen LogP contribution in [0.4, 0.5) is 5.82 Å². The van der Waals surface area contributed by atoms with E-state index < -0.39 is 5.69 Å². The highest BCUT2D eigenvalue weighted by molar-refractivity contribution is 5.86. The van der Waals surface area contributed by atoms with Crippen LogP contribution in [0.25, 0.3) is 11.0 Å². The van der Waals surface area contributed by atoms with E-state index in [-0.39, 0.29) is 11.7 Å². The average molecular weight is 261 g/mol. The minimum atomic E-state index is -0.720. The number of piperidine rings is 1. The van der Waals surface area contributed by atoms with Crippen molar-refractivity contribution >= 4 is 16.9 Å². The molecule has 2 aromatic rings. The number of rotatable bonds is 2. The van der Waals surface area contributed by atoms with Crippen molar-refractivity contribution in [1.82, 2.24) is 20.0 Å². The number of aromatic nitrogens is 3. The predicted octanol–water partition coefficient (Wildman–Crippen LogP) is 0.193. The fourth-order valence-electron chi connectivity index (χ4n) is 2.31. The Morgan fingerprint density at radius 2 is 2.21 bits per heavy atom. The van der Waals surface area contributed by atoms with Crippen LogP contribution in [-0.2, 0) is 0 Å². The number of fused-ring (bicyclic) bond motifs is 1. The van der Waals surface area contributed by atoms with Crippen LogP contribution in [0.2, 0.25) is 0 Å². The first-order valence-corrected chi connectivity index (χ1v) is 6.30. The molecular formula is C12H15N5O2. The third kappa shape index (κ3) is 2.24. The van der Waals surface area contributed by atoms with Gasteiger partial charge in [-0.1, -0.05) is 0 Å². The molecule has 0 radical (unpaired) electrons. The van der Waals surface area contributed by atoms with Crippen molar-refractivity contribution in [2.75, 3.05) is 18.4 Å². The Hall–Kier alpha value is -2.15. The third-order valence-corrected chi connectivity index (χ3v) is 3.31. The van der Waals surface area contributed by atoms with E-state index in [1.807, 2.05) is 0 Å². The highest BCUT2D eigenvalue weighted by Gasteiger charge is 2.16. The minimum Gasteiger partial charge on any atom is -0.422 e. The van der Waals surface area contributed by atoms with Gasteiger partial charge in [-0.15, -0.1) is 4.73 Å². The van der Waals surface area contributed by atoms with Gasteiger partial charge < -0.3 is 15.8 Å². The van der Waals surface area contributed by atoms with E-state index in [4.69, 9.17) is 0 Å². The summed E-state index contributed by atoms with van der Waals surface area (Å²) >= 11 is 0. The van der Waals surface area contributed by atoms with Crippen molar-refractivity contribution in [2.24, 2.45) is 0 Å². The van der Waals surface area contributed by atoms with Gasteiger partial charge in [-0.25, -0.2) is 9.78 Å². The van der Waals surface area contributed by atoms with Crippen LogP contribution < -0.4 is 16.3 Å². The van der Waals surface area contributed by atoms with E-state index >= 15 is 0 Å². The Bertz CT molecular complexity index is 648. The fourth-order valence-corrected chi connectivity index (χ4v) is 2.31. The van der Waals surface area contributed by atoms with E-state index in [1.165, 1.54) is 6.20 Å². The molecule has 0 unspecified atom stereocenters. The Balaban J connectivity index is 2.03. The SMILES string of the molecule is O=c1nc(NC2CCNCC2)c2cccnc2n1O. The molecule has 3 rings (SSSR count). The van der Waals surface area contributed by atoms with Gasteiger partial charge in [0.05, 0.1) is 5.39 Å². The molecule has 7 nitrogen and oxygen atoms in total. The Labute approximate surface area is 109 Å². The van der Waals surface area contributed by atoms with Crippen LogP contribution in [0.3, 0.4) is 0 Å². The first-order chi connectivity index (χ1) is 9.25. The van der Waals surface area contributed by atoms with Crippen LogP contribution in [0.1, 0.15) is 12.8 Å². The van der Waals surface area contributed by atoms with Crippen LogP contribution in [0.5, 0.6) is 0 Å². The molecule has 2 aromatic heterocycles. The minimum absolute atomic E-state index is 0.221. The molecule has 7 heteroatoms. The Morgan fingerprint density at radius 3 is 3.00 bits per heavy atom. The molecule has 0 saturated carbocycles. The highest BCUT2D eigenvalue weighted by Crippen LogP contribution is 2.19. The second-order valence-corrected chi connectivity index (χ2v) is 4.60. The maximum absolute atomic E-state index is 11.6. The molecular weight excluding hydrogens is 246 g/mol. The predicted molar refractivity (Wildman–Crippen MR) is 70.5 cm³/mol. The summed E-state index contributed by atoms with van der Waals surface area (Å²) in [6, 6.07) is 3.82. The van der Waals surface area contributed by atoms with E-state index in [1.54, 1.807) is 12.1 Å². The largest absolute Gasteiger partial charge is 0.422 e. The summed E-state index contributed by atoms with van der Waals surface area (Å²) in [5.74, 6) is 0.491. The molecule has 19 heavy (non-hydrogen) atoms. The number of nitrogens with zero attached hydrogens (tertiary/aromatic N) is 3. The lowest BCUT2D eigenvalue weighted by molar-refractivity contribution is 0.182. The first kappa shape index (κ1) is 11.9. The molecule has 1 fully saturated rings. The van der Waals surface area contributed by atoms with Crippen molar-refractivity contribution in [3.63, 3.8) is 0 Å². The molecule has 3 N–H and O–H groups in total.